The van der Waals surface area contributed by atoms with Gasteiger partial charge in [-0.3, -0.25) is 4.79 Å². The third-order valence-electron chi connectivity index (χ3n) is 3.61. The molecule has 5 heteroatoms. The topological polar surface area (TPSA) is 49.3 Å². The first-order valence-corrected chi connectivity index (χ1v) is 8.37. The molecule has 0 unspecified atom stereocenters. The molecule has 0 bridgehead atoms. The Balaban J connectivity index is 1.88. The van der Waals surface area contributed by atoms with Crippen molar-refractivity contribution in [3.05, 3.63) is 46.3 Å². The lowest BCUT2D eigenvalue weighted by molar-refractivity contribution is -0.147. The normalized spacial score (nSPS) is 11.6. The lowest BCUT2D eigenvalue weighted by atomic mass is 9.90. The van der Waals surface area contributed by atoms with E-state index >= 15 is 0 Å². The number of carboxylic acid groups (broad SMARTS) is 1. The smallest absolute Gasteiger partial charge is 0.309 e. The zero-order valence-electron chi connectivity index (χ0n) is 12.7. The van der Waals surface area contributed by atoms with Crippen LogP contribution in [0.1, 0.15) is 25.1 Å². The highest BCUT2D eigenvalue weighted by Gasteiger charge is 2.26. The number of hydrogen-bond acceptors (Lipinski definition) is 3. The second-order valence-corrected chi connectivity index (χ2v) is 7.44. The number of benzene rings is 1. The first-order chi connectivity index (χ1) is 10.4. The van der Waals surface area contributed by atoms with Gasteiger partial charge in [0.05, 0.1) is 5.41 Å². The van der Waals surface area contributed by atoms with Gasteiger partial charge in [0, 0.05) is 26.9 Å². The van der Waals surface area contributed by atoms with Gasteiger partial charge in [-0.2, -0.15) is 0 Å². The van der Waals surface area contributed by atoms with E-state index in [1.807, 2.05) is 24.3 Å². The van der Waals surface area contributed by atoms with Gasteiger partial charge >= 0.3 is 5.97 Å². The van der Waals surface area contributed by atoms with E-state index in [1.54, 1.807) is 25.2 Å². The van der Waals surface area contributed by atoms with E-state index in [1.165, 1.54) is 4.88 Å². The standard InChI is InChI=1S/C17H20ClNO2S/c1-17(2,16(20)21)9-10-19-11-12-7-8-15(22-12)13-5-3-4-6-14(13)18/h3-8,19H,9-11H2,1-2H3,(H,20,21). The summed E-state index contributed by atoms with van der Waals surface area (Å²) in [4.78, 5) is 13.4. The van der Waals surface area contributed by atoms with Gasteiger partial charge in [0.2, 0.25) is 0 Å². The van der Waals surface area contributed by atoms with Crippen LogP contribution in [0.25, 0.3) is 10.4 Å². The number of halogens is 1. The average Bonchev–Trinajstić information content (AvgIpc) is 2.92. The Labute approximate surface area is 139 Å². The highest BCUT2D eigenvalue weighted by molar-refractivity contribution is 7.15. The molecule has 2 aromatic rings. The zero-order chi connectivity index (χ0) is 16.2. The summed E-state index contributed by atoms with van der Waals surface area (Å²) in [5.74, 6) is -0.758. The van der Waals surface area contributed by atoms with E-state index in [0.29, 0.717) is 13.0 Å². The van der Waals surface area contributed by atoms with Crippen molar-refractivity contribution in [3.63, 3.8) is 0 Å². The summed E-state index contributed by atoms with van der Waals surface area (Å²) >= 11 is 7.91. The third-order valence-corrected chi connectivity index (χ3v) is 5.05. The van der Waals surface area contributed by atoms with Gasteiger partial charge in [-0.15, -0.1) is 11.3 Å². The molecule has 1 heterocycles. The van der Waals surface area contributed by atoms with Gasteiger partial charge in [-0.05, 0) is 45.0 Å². The van der Waals surface area contributed by atoms with Gasteiger partial charge in [-0.1, -0.05) is 29.8 Å². The summed E-state index contributed by atoms with van der Waals surface area (Å²) in [6.45, 7) is 4.92. The highest BCUT2D eigenvalue weighted by atomic mass is 35.5. The van der Waals surface area contributed by atoms with Crippen LogP contribution in [0.5, 0.6) is 0 Å². The van der Waals surface area contributed by atoms with E-state index in [4.69, 9.17) is 16.7 Å². The van der Waals surface area contributed by atoms with Gasteiger partial charge < -0.3 is 10.4 Å². The SMILES string of the molecule is CC(C)(CCNCc1ccc(-c2ccccc2Cl)s1)C(=O)O. The maximum Gasteiger partial charge on any atom is 0.309 e. The minimum Gasteiger partial charge on any atom is -0.481 e. The molecule has 0 saturated heterocycles. The number of aliphatic carboxylic acids is 1. The molecule has 22 heavy (non-hydrogen) atoms. The summed E-state index contributed by atoms with van der Waals surface area (Å²) in [7, 11) is 0. The highest BCUT2D eigenvalue weighted by Crippen LogP contribution is 2.33. The van der Waals surface area contributed by atoms with Crippen molar-refractivity contribution in [3.8, 4) is 10.4 Å². The molecule has 1 aromatic heterocycles. The minimum absolute atomic E-state index is 0.602. The monoisotopic (exact) mass is 337 g/mol. The fourth-order valence-electron chi connectivity index (χ4n) is 2.00. The largest absolute Gasteiger partial charge is 0.481 e. The Morgan fingerprint density at radius 3 is 2.68 bits per heavy atom. The molecule has 3 nitrogen and oxygen atoms in total. The molecule has 2 N–H and O–H groups in total. The predicted octanol–water partition coefficient (Wildman–Crippen LogP) is 4.66. The molecule has 0 atom stereocenters. The van der Waals surface area contributed by atoms with Crippen molar-refractivity contribution in [1.82, 2.24) is 5.32 Å². The Morgan fingerprint density at radius 2 is 2.00 bits per heavy atom. The van der Waals surface area contributed by atoms with Gasteiger partial charge in [0.1, 0.15) is 0 Å². The van der Waals surface area contributed by atoms with Crippen molar-refractivity contribution in [2.75, 3.05) is 6.54 Å². The van der Waals surface area contributed by atoms with Crippen LogP contribution in [0.15, 0.2) is 36.4 Å². The van der Waals surface area contributed by atoms with Gasteiger partial charge in [0.25, 0.3) is 0 Å². The molecule has 2 rings (SSSR count). The predicted molar refractivity (Wildman–Crippen MR) is 92.5 cm³/mol. The fourth-order valence-corrected chi connectivity index (χ4v) is 3.31. The van der Waals surface area contributed by atoms with E-state index in [2.05, 4.69) is 17.4 Å². The molecule has 0 saturated carbocycles. The zero-order valence-corrected chi connectivity index (χ0v) is 14.3. The van der Waals surface area contributed by atoms with E-state index in [-0.39, 0.29) is 0 Å². The molecular weight excluding hydrogens is 318 g/mol. The number of rotatable bonds is 7. The van der Waals surface area contributed by atoms with Crippen LogP contribution in [0.2, 0.25) is 5.02 Å². The first kappa shape index (κ1) is 17.0. The van der Waals surface area contributed by atoms with Gasteiger partial charge in [0.15, 0.2) is 0 Å². The van der Waals surface area contributed by atoms with E-state index < -0.39 is 11.4 Å². The maximum absolute atomic E-state index is 11.0. The van der Waals surface area contributed by atoms with Crippen LogP contribution in [0.3, 0.4) is 0 Å². The molecule has 0 radical (unpaired) electrons. The second kappa shape index (κ2) is 7.27. The quantitative estimate of drug-likeness (QED) is 0.722. The Bertz CT molecular complexity index is 652. The lowest BCUT2D eigenvalue weighted by Crippen LogP contribution is -2.28. The molecule has 0 aliphatic carbocycles. The number of thiophene rings is 1. The Kier molecular flexibility index (Phi) is 5.62. The molecule has 0 aliphatic heterocycles. The number of carboxylic acids is 1. The maximum atomic E-state index is 11.0. The Hall–Kier alpha value is -1.36. The summed E-state index contributed by atoms with van der Waals surface area (Å²) in [6.07, 6.45) is 0.602. The summed E-state index contributed by atoms with van der Waals surface area (Å²) < 4.78 is 0. The molecule has 1 aromatic carbocycles. The molecule has 0 fully saturated rings. The van der Waals surface area contributed by atoms with Crippen LogP contribution in [-0.2, 0) is 11.3 Å². The number of carbonyl (C=O) groups is 1. The van der Waals surface area contributed by atoms with Crippen molar-refractivity contribution < 1.29 is 9.90 Å². The second-order valence-electron chi connectivity index (χ2n) is 5.86. The van der Waals surface area contributed by atoms with E-state index in [0.717, 1.165) is 22.0 Å². The average molecular weight is 338 g/mol. The van der Waals surface area contributed by atoms with Crippen LogP contribution >= 0.6 is 22.9 Å². The van der Waals surface area contributed by atoms with Crippen molar-refractivity contribution in [2.45, 2.75) is 26.8 Å². The summed E-state index contributed by atoms with van der Waals surface area (Å²) in [6, 6.07) is 12.0. The molecule has 118 valence electrons. The fraction of sp³-hybridized carbons (Fsp3) is 0.353. The Morgan fingerprint density at radius 1 is 1.27 bits per heavy atom. The summed E-state index contributed by atoms with van der Waals surface area (Å²) in [5.41, 5.74) is 0.359. The van der Waals surface area contributed by atoms with Gasteiger partial charge in [-0.25, -0.2) is 0 Å². The molecule has 0 amide bonds. The van der Waals surface area contributed by atoms with Crippen LogP contribution in [-0.4, -0.2) is 17.6 Å². The minimum atomic E-state index is -0.758. The van der Waals surface area contributed by atoms with Crippen LogP contribution < -0.4 is 5.32 Å². The first-order valence-electron chi connectivity index (χ1n) is 7.18. The van der Waals surface area contributed by atoms with Crippen molar-refractivity contribution >= 4 is 28.9 Å². The number of hydrogen-bond donors (Lipinski definition) is 2. The third kappa shape index (κ3) is 4.32. The molecule has 0 spiro atoms. The van der Waals surface area contributed by atoms with Crippen molar-refractivity contribution in [1.29, 1.82) is 0 Å². The molecular formula is C17H20ClNO2S. The van der Waals surface area contributed by atoms with E-state index in [9.17, 15) is 4.79 Å². The summed E-state index contributed by atoms with van der Waals surface area (Å²) in [5, 5.41) is 13.1. The van der Waals surface area contributed by atoms with Crippen LogP contribution in [0.4, 0.5) is 0 Å². The van der Waals surface area contributed by atoms with Crippen molar-refractivity contribution in [2.24, 2.45) is 5.41 Å². The lowest BCUT2D eigenvalue weighted by Gasteiger charge is -2.18. The number of nitrogens with one attached hydrogen (secondary N) is 1. The molecule has 0 aliphatic rings. The van der Waals surface area contributed by atoms with Crippen LogP contribution in [0, 0.1) is 5.41 Å².